The maximum Gasteiger partial charge on any atom is 0.159 e. The minimum absolute atomic E-state index is 0.899. The Balaban J connectivity index is 0.0000000991. The zero-order valence-corrected chi connectivity index (χ0v) is 72.2. The Hall–Kier alpha value is -17.4. The topological polar surface area (TPSA) is 69.0 Å². The highest BCUT2D eigenvalue weighted by Crippen LogP contribution is 2.53. The molecule has 30 aromatic rings. The first kappa shape index (κ1) is 73.8. The Morgan fingerprint density at radius 1 is 0.152 bits per heavy atom. The molecule has 21 aromatic carbocycles. The van der Waals surface area contributed by atoms with Gasteiger partial charge in [-0.25, -0.2) is 0 Å². The molecule has 9 aromatic heterocycles. The lowest BCUT2D eigenvalue weighted by atomic mass is 9.99. The van der Waals surface area contributed by atoms with Crippen LogP contribution in [0.5, 0.6) is 0 Å². The van der Waals surface area contributed by atoms with Gasteiger partial charge in [0.05, 0.1) is 71.9 Å². The van der Waals surface area contributed by atoms with Crippen molar-refractivity contribution in [3.8, 4) is 34.1 Å². The normalized spacial score (nSPS) is 12.2. The summed E-state index contributed by atoms with van der Waals surface area (Å²) in [5.41, 5.74) is 30.6. The summed E-state index contributed by atoms with van der Waals surface area (Å²) in [6, 6.07) is 151. The molecule has 0 aliphatic heterocycles. The number of hydrogen-bond acceptors (Lipinski definition) is 3. The second-order valence-corrected chi connectivity index (χ2v) is 35.4. The maximum atomic E-state index is 6.62. The molecule has 0 radical (unpaired) electrons. The van der Waals surface area contributed by atoms with Crippen LogP contribution in [0.25, 0.3) is 263 Å². The third kappa shape index (κ3) is 10.5. The summed E-state index contributed by atoms with van der Waals surface area (Å²) in [6.45, 7) is 6.46. The molecular weight excluding hydrogens is 1610 g/mol. The van der Waals surface area contributed by atoms with Gasteiger partial charge < -0.3 is 40.7 Å². The van der Waals surface area contributed by atoms with E-state index in [9.17, 15) is 0 Å². The van der Waals surface area contributed by atoms with E-state index in [4.69, 9.17) is 13.3 Å². The lowest BCUT2D eigenvalue weighted by Gasteiger charge is -2.14. The van der Waals surface area contributed by atoms with Crippen LogP contribution in [0.15, 0.2) is 432 Å². The molecule has 0 bridgehead atoms. The van der Waals surface area contributed by atoms with Crippen molar-refractivity contribution >= 4 is 229 Å². The van der Waals surface area contributed by atoms with Gasteiger partial charge in [0.2, 0.25) is 0 Å². The highest BCUT2D eigenvalue weighted by molar-refractivity contribution is 6.41. The predicted molar refractivity (Wildman–Crippen MR) is 554 cm³/mol. The lowest BCUT2D eigenvalue weighted by Crippen LogP contribution is -1.97. The van der Waals surface area contributed by atoms with Crippen LogP contribution in [0.4, 0.5) is 0 Å². The number of fused-ring (bicyclic) bond motifs is 39. The van der Waals surface area contributed by atoms with E-state index < -0.39 is 0 Å². The summed E-state index contributed by atoms with van der Waals surface area (Å²) >= 11 is 0. The smallest absolute Gasteiger partial charge is 0.159 e. The van der Waals surface area contributed by atoms with Crippen molar-refractivity contribution in [3.05, 3.63) is 435 Å². The van der Waals surface area contributed by atoms with Gasteiger partial charge in [-0.15, -0.1) is 0 Å². The molecule has 0 saturated heterocycles. The van der Waals surface area contributed by atoms with Crippen molar-refractivity contribution in [1.82, 2.24) is 27.4 Å². The first-order valence-corrected chi connectivity index (χ1v) is 45.4. The third-order valence-electron chi connectivity index (χ3n) is 28.0. The number of aryl methyl sites for hydroxylation is 3. The van der Waals surface area contributed by atoms with Crippen LogP contribution in [0, 0.1) is 20.8 Å². The quantitative estimate of drug-likeness (QED) is 0.167. The molecule has 0 amide bonds. The van der Waals surface area contributed by atoms with Gasteiger partial charge in [-0.2, -0.15) is 0 Å². The van der Waals surface area contributed by atoms with Gasteiger partial charge in [-0.3, -0.25) is 0 Å². The summed E-state index contributed by atoms with van der Waals surface area (Å²) in [6.07, 6.45) is 0. The van der Waals surface area contributed by atoms with Crippen LogP contribution in [0.3, 0.4) is 0 Å². The largest absolute Gasteiger partial charge is 0.456 e. The van der Waals surface area contributed by atoms with E-state index in [2.05, 4.69) is 436 Å². The Labute approximate surface area is 754 Å². The highest BCUT2D eigenvalue weighted by atomic mass is 16.3. The average molecular weight is 1690 g/mol. The molecule has 9 heteroatoms. The van der Waals surface area contributed by atoms with Crippen LogP contribution in [-0.2, 0) is 0 Å². The molecule has 9 heterocycles. The van der Waals surface area contributed by atoms with E-state index in [-0.39, 0.29) is 0 Å². The molecule has 618 valence electrons. The molecule has 0 N–H and O–H groups in total. The van der Waals surface area contributed by atoms with Gasteiger partial charge in [0.25, 0.3) is 0 Å². The molecule has 0 aliphatic rings. The van der Waals surface area contributed by atoms with Crippen LogP contribution >= 0.6 is 0 Å². The molecule has 0 saturated carbocycles. The Bertz CT molecular complexity index is 10200. The minimum Gasteiger partial charge on any atom is -0.456 e. The monoisotopic (exact) mass is 1690 g/mol. The lowest BCUT2D eigenvalue weighted by molar-refractivity contribution is 0.666. The van der Waals surface area contributed by atoms with Crippen molar-refractivity contribution in [1.29, 1.82) is 0 Å². The zero-order valence-electron chi connectivity index (χ0n) is 72.2. The van der Waals surface area contributed by atoms with Crippen molar-refractivity contribution in [2.75, 3.05) is 0 Å². The van der Waals surface area contributed by atoms with E-state index in [1.165, 1.54) is 197 Å². The molecule has 9 nitrogen and oxygen atoms in total. The molecule has 0 atom stereocenters. The number of hydrogen-bond donors (Lipinski definition) is 0. The molecule has 0 fully saturated rings. The fourth-order valence-electron chi connectivity index (χ4n) is 22.5. The Morgan fingerprint density at radius 3 is 0.818 bits per heavy atom. The maximum absolute atomic E-state index is 6.62. The Kier molecular flexibility index (Phi) is 15.8. The van der Waals surface area contributed by atoms with E-state index in [0.717, 1.165) is 82.9 Å². The SMILES string of the molecule is Cc1ccc(-n2c3ccccc3c3c4c5ccccc5n(-c5ccc6c(c5)oc5ccccc56)c4c4ccccc4c32)cc1.Cc1ccc(-n2c3ccccc3c3c4c5ccccc5n(-c5ccc6oc7ccccc7c6c5)c4c4ccccc4c32)cc1.Cc1cccc(-n2c3ccccc3c3c4c5ccccc5n(-c5cccc6c5oc5ccccc56)c4c4ccccc4c32)c1. The summed E-state index contributed by atoms with van der Waals surface area (Å²) < 4.78 is 33.9. The average Bonchev–Trinajstić information content (AvgIpc) is 1.53. The third-order valence-corrected chi connectivity index (χ3v) is 28.0. The predicted octanol–water partition coefficient (Wildman–Crippen LogP) is 33.7. The van der Waals surface area contributed by atoms with E-state index in [1.54, 1.807) is 0 Å². The summed E-state index contributed by atoms with van der Waals surface area (Å²) in [5, 5.41) is 29.4. The number of rotatable bonds is 6. The van der Waals surface area contributed by atoms with Gasteiger partial charge in [0.15, 0.2) is 5.58 Å². The second-order valence-electron chi connectivity index (χ2n) is 35.4. The molecule has 0 spiro atoms. The summed E-state index contributed by atoms with van der Waals surface area (Å²) in [5.74, 6) is 0. The number of furan rings is 3. The fraction of sp³-hybridized carbons (Fsp3) is 0.0244. The van der Waals surface area contributed by atoms with Gasteiger partial charge in [-0.1, -0.05) is 296 Å². The number of benzene rings is 21. The van der Waals surface area contributed by atoms with Crippen molar-refractivity contribution in [3.63, 3.8) is 0 Å². The number of nitrogens with zero attached hydrogens (tertiary/aromatic N) is 6. The van der Waals surface area contributed by atoms with Crippen LogP contribution in [0.1, 0.15) is 16.7 Å². The van der Waals surface area contributed by atoms with Crippen LogP contribution < -0.4 is 0 Å². The van der Waals surface area contributed by atoms with Crippen molar-refractivity contribution in [2.24, 2.45) is 0 Å². The first-order valence-electron chi connectivity index (χ1n) is 45.4. The van der Waals surface area contributed by atoms with Gasteiger partial charge in [0.1, 0.15) is 27.9 Å². The molecular formula is C123H78N6O3. The second kappa shape index (κ2) is 28.3. The number of aromatic nitrogens is 6. The van der Waals surface area contributed by atoms with Crippen molar-refractivity contribution < 1.29 is 13.3 Å². The Morgan fingerprint density at radius 2 is 0.417 bits per heavy atom. The molecule has 132 heavy (non-hydrogen) atoms. The van der Waals surface area contributed by atoms with E-state index in [0.29, 0.717) is 0 Å². The summed E-state index contributed by atoms with van der Waals surface area (Å²) in [4.78, 5) is 0. The van der Waals surface area contributed by atoms with E-state index >= 15 is 0 Å². The minimum atomic E-state index is 0.899. The molecule has 0 unspecified atom stereocenters. The van der Waals surface area contributed by atoms with Crippen molar-refractivity contribution in [2.45, 2.75) is 20.8 Å². The zero-order chi connectivity index (χ0) is 86.8. The van der Waals surface area contributed by atoms with Gasteiger partial charge >= 0.3 is 0 Å². The van der Waals surface area contributed by atoms with Crippen LogP contribution in [0.2, 0.25) is 0 Å². The van der Waals surface area contributed by atoms with Gasteiger partial charge in [0, 0.05) is 164 Å². The van der Waals surface area contributed by atoms with E-state index in [1.807, 2.05) is 30.3 Å². The molecule has 0 aliphatic carbocycles. The highest BCUT2D eigenvalue weighted by Gasteiger charge is 2.31. The first-order chi connectivity index (χ1) is 65.3. The summed E-state index contributed by atoms with van der Waals surface area (Å²) in [7, 11) is 0. The number of para-hydroxylation sites is 10. The van der Waals surface area contributed by atoms with Crippen LogP contribution in [-0.4, -0.2) is 27.4 Å². The standard InChI is InChI=1S/3C41H26N2O/c1-25-12-10-13-26(24-25)42-33-20-7-4-17-31(33)37-38-32-18-5-8-21-34(32)43(40(38)29-16-3-2-15-28(29)39(37)42)35-22-11-19-30-27-14-6-9-23-36(27)44-41(30)35;1-25-18-20-26(21-19-25)42-34-15-7-4-13-32(34)38-39-33-14-5-8-16-35(33)43(41(39)31-12-3-2-11-30(31)40(38)42)27-22-23-29-28-10-6-9-17-36(28)44-37(29)24-27;1-25-18-20-26(21-19-25)42-34-15-7-4-13-31(34)38-39-32-14-5-8-16-35(32)43(41(39)30-12-3-2-11-29(30)40(38)42)27-22-23-37-33(24-27)28-10-6-9-17-36(28)44-37/h3*2-24H,1H3. The fourth-order valence-corrected chi connectivity index (χ4v) is 22.5. The van der Waals surface area contributed by atoms with Gasteiger partial charge in [-0.05, 0) is 154 Å². The molecule has 30 rings (SSSR count).